The smallest absolute Gasteiger partial charge is 0.233 e. The average Bonchev–Trinajstić information content (AvgIpc) is 2.63. The van der Waals surface area contributed by atoms with Gasteiger partial charge >= 0.3 is 0 Å². The predicted molar refractivity (Wildman–Crippen MR) is 96.9 cm³/mol. The summed E-state index contributed by atoms with van der Waals surface area (Å²) in [5, 5.41) is 6.43. The zero-order valence-electron chi connectivity index (χ0n) is 14.0. The molecule has 9 heteroatoms. The molecule has 0 radical (unpaired) electrons. The zero-order chi connectivity index (χ0) is 17.5. The Kier molecular flexibility index (Phi) is 6.21. The number of anilines is 3. The van der Waals surface area contributed by atoms with E-state index in [-0.39, 0.29) is 5.28 Å². The van der Waals surface area contributed by atoms with Crippen LogP contribution in [0.5, 0.6) is 5.75 Å². The molecule has 2 heterocycles. The van der Waals surface area contributed by atoms with Gasteiger partial charge in [0.1, 0.15) is 5.75 Å². The molecule has 134 valence electrons. The predicted octanol–water partition coefficient (Wildman–Crippen LogP) is 2.02. The SMILES string of the molecule is COc1ccc(Nc2nc(Cl)nc(NCCN3CCOCC3)n2)cc1. The molecule has 3 rings (SSSR count). The maximum atomic E-state index is 6.00. The van der Waals surface area contributed by atoms with Crippen molar-refractivity contribution >= 4 is 29.2 Å². The second-order valence-electron chi connectivity index (χ2n) is 5.49. The van der Waals surface area contributed by atoms with Crippen molar-refractivity contribution in [1.82, 2.24) is 19.9 Å². The van der Waals surface area contributed by atoms with Gasteiger partial charge in [-0.15, -0.1) is 0 Å². The summed E-state index contributed by atoms with van der Waals surface area (Å²) < 4.78 is 10.5. The van der Waals surface area contributed by atoms with E-state index in [2.05, 4.69) is 30.5 Å². The molecule has 0 unspecified atom stereocenters. The first-order valence-electron chi connectivity index (χ1n) is 8.09. The number of hydrogen-bond acceptors (Lipinski definition) is 8. The van der Waals surface area contributed by atoms with Crippen molar-refractivity contribution in [3.05, 3.63) is 29.5 Å². The lowest BCUT2D eigenvalue weighted by Gasteiger charge is -2.26. The summed E-state index contributed by atoms with van der Waals surface area (Å²) in [6, 6.07) is 7.46. The van der Waals surface area contributed by atoms with Gasteiger partial charge in [-0.25, -0.2) is 0 Å². The van der Waals surface area contributed by atoms with Crippen LogP contribution < -0.4 is 15.4 Å². The van der Waals surface area contributed by atoms with Crippen LogP contribution in [0, 0.1) is 0 Å². The van der Waals surface area contributed by atoms with Crippen LogP contribution in [0.4, 0.5) is 17.6 Å². The van der Waals surface area contributed by atoms with Crippen molar-refractivity contribution in [1.29, 1.82) is 0 Å². The first-order chi connectivity index (χ1) is 12.2. The van der Waals surface area contributed by atoms with Crippen LogP contribution in [-0.4, -0.2) is 66.4 Å². The normalized spacial score (nSPS) is 15.0. The van der Waals surface area contributed by atoms with Crippen molar-refractivity contribution in [3.63, 3.8) is 0 Å². The number of ether oxygens (including phenoxy) is 2. The summed E-state index contributed by atoms with van der Waals surface area (Å²) in [6.45, 7) is 5.09. The second kappa shape index (κ2) is 8.80. The number of hydrogen-bond donors (Lipinski definition) is 2. The molecule has 0 amide bonds. The standard InChI is InChI=1S/C16H21ClN6O2/c1-24-13-4-2-12(3-5-13)19-16-21-14(17)20-15(22-16)18-6-7-23-8-10-25-11-9-23/h2-5H,6-11H2,1H3,(H2,18,19,20,21,22). The molecule has 2 N–H and O–H groups in total. The lowest BCUT2D eigenvalue weighted by Crippen LogP contribution is -2.39. The quantitative estimate of drug-likeness (QED) is 0.772. The molecule has 0 saturated carbocycles. The van der Waals surface area contributed by atoms with E-state index in [1.54, 1.807) is 7.11 Å². The Hall–Kier alpha value is -2.16. The molecule has 1 aliphatic rings. The Balaban J connectivity index is 1.57. The number of aromatic nitrogens is 3. The Morgan fingerprint density at radius 1 is 1.12 bits per heavy atom. The summed E-state index contributed by atoms with van der Waals surface area (Å²) in [5.41, 5.74) is 0.835. The van der Waals surface area contributed by atoms with Crippen molar-refractivity contribution in [2.75, 3.05) is 57.1 Å². The minimum absolute atomic E-state index is 0.139. The molecule has 1 saturated heterocycles. The minimum atomic E-state index is 0.139. The van der Waals surface area contributed by atoms with Gasteiger partial charge in [-0.2, -0.15) is 15.0 Å². The third kappa shape index (κ3) is 5.42. The lowest BCUT2D eigenvalue weighted by atomic mass is 10.3. The molecule has 0 aliphatic carbocycles. The average molecular weight is 365 g/mol. The molecule has 1 aromatic heterocycles. The van der Waals surface area contributed by atoms with Crippen molar-refractivity contribution < 1.29 is 9.47 Å². The van der Waals surface area contributed by atoms with Crippen LogP contribution in [0.2, 0.25) is 5.28 Å². The third-order valence-corrected chi connectivity index (χ3v) is 3.94. The van der Waals surface area contributed by atoms with E-state index >= 15 is 0 Å². The summed E-state index contributed by atoms with van der Waals surface area (Å²) in [6.07, 6.45) is 0. The highest BCUT2D eigenvalue weighted by Gasteiger charge is 2.10. The highest BCUT2D eigenvalue weighted by atomic mass is 35.5. The van der Waals surface area contributed by atoms with E-state index < -0.39 is 0 Å². The fourth-order valence-corrected chi connectivity index (χ4v) is 2.60. The Bertz CT molecular complexity index is 679. The van der Waals surface area contributed by atoms with Gasteiger partial charge in [-0.1, -0.05) is 0 Å². The van der Waals surface area contributed by atoms with Crippen LogP contribution >= 0.6 is 11.6 Å². The zero-order valence-corrected chi connectivity index (χ0v) is 14.8. The molecule has 25 heavy (non-hydrogen) atoms. The molecular weight excluding hydrogens is 344 g/mol. The van der Waals surface area contributed by atoms with Crippen LogP contribution in [0.3, 0.4) is 0 Å². The summed E-state index contributed by atoms with van der Waals surface area (Å²) in [5.74, 6) is 1.62. The van der Waals surface area contributed by atoms with Gasteiger partial charge in [0.15, 0.2) is 0 Å². The van der Waals surface area contributed by atoms with E-state index in [0.29, 0.717) is 11.9 Å². The topological polar surface area (TPSA) is 84.4 Å². The van der Waals surface area contributed by atoms with Gasteiger partial charge in [-0.05, 0) is 35.9 Å². The van der Waals surface area contributed by atoms with Gasteiger partial charge in [-0.3, -0.25) is 4.90 Å². The number of morpholine rings is 1. The van der Waals surface area contributed by atoms with Crippen LogP contribution in [0.15, 0.2) is 24.3 Å². The molecule has 1 aliphatic heterocycles. The molecule has 1 aromatic carbocycles. The third-order valence-electron chi connectivity index (χ3n) is 3.77. The summed E-state index contributed by atoms with van der Waals surface area (Å²) in [4.78, 5) is 14.9. The van der Waals surface area contributed by atoms with E-state index in [9.17, 15) is 0 Å². The van der Waals surface area contributed by atoms with Gasteiger partial charge in [0.25, 0.3) is 0 Å². The second-order valence-corrected chi connectivity index (χ2v) is 5.82. The molecule has 0 atom stereocenters. The monoisotopic (exact) mass is 364 g/mol. The minimum Gasteiger partial charge on any atom is -0.497 e. The largest absolute Gasteiger partial charge is 0.497 e. The summed E-state index contributed by atoms with van der Waals surface area (Å²) >= 11 is 6.00. The number of benzene rings is 1. The fourth-order valence-electron chi connectivity index (χ4n) is 2.44. The number of nitrogens with one attached hydrogen (secondary N) is 2. The van der Waals surface area contributed by atoms with Crippen LogP contribution in [0.25, 0.3) is 0 Å². The van der Waals surface area contributed by atoms with E-state index in [4.69, 9.17) is 21.1 Å². The van der Waals surface area contributed by atoms with Gasteiger partial charge in [0.05, 0.1) is 20.3 Å². The first-order valence-corrected chi connectivity index (χ1v) is 8.47. The van der Waals surface area contributed by atoms with E-state index in [1.807, 2.05) is 24.3 Å². The van der Waals surface area contributed by atoms with Crippen molar-refractivity contribution in [2.24, 2.45) is 0 Å². The maximum absolute atomic E-state index is 6.00. The number of rotatable bonds is 7. The maximum Gasteiger partial charge on any atom is 0.233 e. The number of methoxy groups -OCH3 is 1. The Morgan fingerprint density at radius 3 is 2.56 bits per heavy atom. The van der Waals surface area contributed by atoms with Gasteiger partial charge < -0.3 is 20.1 Å². The first kappa shape index (κ1) is 17.7. The highest BCUT2D eigenvalue weighted by molar-refractivity contribution is 6.28. The molecule has 1 fully saturated rings. The van der Waals surface area contributed by atoms with Crippen molar-refractivity contribution in [2.45, 2.75) is 0 Å². The molecular formula is C16H21ClN6O2. The lowest BCUT2D eigenvalue weighted by molar-refractivity contribution is 0.0398. The number of nitrogens with zero attached hydrogens (tertiary/aromatic N) is 4. The summed E-state index contributed by atoms with van der Waals surface area (Å²) in [7, 11) is 1.63. The van der Waals surface area contributed by atoms with Crippen LogP contribution in [0.1, 0.15) is 0 Å². The van der Waals surface area contributed by atoms with E-state index in [0.717, 1.165) is 50.8 Å². The van der Waals surface area contributed by atoms with Gasteiger partial charge in [0.2, 0.25) is 17.2 Å². The molecule has 2 aromatic rings. The molecule has 0 bridgehead atoms. The van der Waals surface area contributed by atoms with Crippen LogP contribution in [-0.2, 0) is 4.74 Å². The van der Waals surface area contributed by atoms with Crippen molar-refractivity contribution in [3.8, 4) is 5.75 Å². The molecule has 0 spiro atoms. The van der Waals surface area contributed by atoms with E-state index in [1.165, 1.54) is 0 Å². The number of halogens is 1. The van der Waals surface area contributed by atoms with Gasteiger partial charge in [0, 0.05) is 31.9 Å². The molecule has 8 nitrogen and oxygen atoms in total. The Morgan fingerprint density at radius 2 is 1.84 bits per heavy atom. The Labute approximate surface area is 151 Å². The highest BCUT2D eigenvalue weighted by Crippen LogP contribution is 2.19. The fraction of sp³-hybridized carbons (Fsp3) is 0.438.